The Labute approximate surface area is 184 Å². The van der Waals surface area contributed by atoms with E-state index in [-0.39, 0.29) is 5.75 Å². The van der Waals surface area contributed by atoms with Crippen LogP contribution in [0.1, 0.15) is 44.0 Å². The Balaban J connectivity index is 1.32. The summed E-state index contributed by atoms with van der Waals surface area (Å²) < 4.78 is 2.05. The van der Waals surface area contributed by atoms with Crippen LogP contribution in [-0.2, 0) is 29.0 Å². The highest BCUT2D eigenvalue weighted by Gasteiger charge is 2.48. The van der Waals surface area contributed by atoms with Crippen molar-refractivity contribution in [3.8, 4) is 0 Å². The topological polar surface area (TPSA) is 109 Å². The van der Waals surface area contributed by atoms with Gasteiger partial charge in [-0.05, 0) is 38.2 Å². The van der Waals surface area contributed by atoms with Gasteiger partial charge in [0.1, 0.15) is 11.4 Å². The smallest absolute Gasteiger partial charge is 0.322 e. The first-order valence-electron chi connectivity index (χ1n) is 10.5. The summed E-state index contributed by atoms with van der Waals surface area (Å²) in [7, 11) is 0. The number of thioether (sulfide) groups is 1. The van der Waals surface area contributed by atoms with Gasteiger partial charge >= 0.3 is 6.03 Å². The fourth-order valence-corrected chi connectivity index (χ4v) is 4.62. The summed E-state index contributed by atoms with van der Waals surface area (Å²) in [5, 5.41) is 12.6. The number of nitrogens with one attached hydrogen (secondary N) is 2. The molecule has 3 heterocycles. The van der Waals surface area contributed by atoms with E-state index in [1.54, 1.807) is 6.92 Å². The predicted octanol–water partition coefficient (Wildman–Crippen LogP) is 2.07. The third-order valence-electron chi connectivity index (χ3n) is 5.66. The molecule has 31 heavy (non-hydrogen) atoms. The first-order chi connectivity index (χ1) is 15.0. The number of nitrogens with zero attached hydrogens (tertiary/aromatic N) is 4. The Hall–Kier alpha value is -2.88. The number of fused-ring (bicyclic) bond motifs is 1. The van der Waals surface area contributed by atoms with Crippen molar-refractivity contribution in [2.75, 3.05) is 5.75 Å². The molecule has 0 unspecified atom stereocenters. The number of aryl methyl sites for hydroxylation is 2. The summed E-state index contributed by atoms with van der Waals surface area (Å²) in [4.78, 5) is 37.7. The number of urea groups is 1. The molecular formula is C21H26N6O3S. The lowest BCUT2D eigenvalue weighted by Crippen LogP contribution is -2.49. The van der Waals surface area contributed by atoms with Crippen molar-refractivity contribution in [3.05, 3.63) is 41.7 Å². The molecule has 2 N–H and O–H groups in total. The largest absolute Gasteiger partial charge is 0.344 e. The van der Waals surface area contributed by atoms with Crippen LogP contribution in [0.4, 0.5) is 4.79 Å². The van der Waals surface area contributed by atoms with Crippen LogP contribution in [0, 0.1) is 0 Å². The molecule has 164 valence electrons. The quantitative estimate of drug-likeness (QED) is 0.502. The van der Waals surface area contributed by atoms with Gasteiger partial charge in [-0.25, -0.2) is 4.79 Å². The Morgan fingerprint density at radius 2 is 2.00 bits per heavy atom. The van der Waals surface area contributed by atoms with Gasteiger partial charge in [0.15, 0.2) is 5.16 Å². The number of hydrazine groups is 1. The van der Waals surface area contributed by atoms with Gasteiger partial charge in [0.2, 0.25) is 5.91 Å². The number of aromatic nitrogens is 3. The highest BCUT2D eigenvalue weighted by Crippen LogP contribution is 2.24. The Bertz CT molecular complexity index is 979. The van der Waals surface area contributed by atoms with E-state index in [9.17, 15) is 14.4 Å². The third kappa shape index (κ3) is 4.73. The molecule has 1 aromatic heterocycles. The maximum atomic E-state index is 12.9. The average molecular weight is 443 g/mol. The molecule has 2 aromatic rings. The molecule has 9 nitrogen and oxygen atoms in total. The fourth-order valence-electron chi connectivity index (χ4n) is 3.85. The van der Waals surface area contributed by atoms with Crippen LogP contribution in [0.25, 0.3) is 0 Å². The molecule has 0 aliphatic carbocycles. The molecular weight excluding hydrogens is 416 g/mol. The van der Waals surface area contributed by atoms with Gasteiger partial charge in [-0.15, -0.1) is 10.2 Å². The summed E-state index contributed by atoms with van der Waals surface area (Å²) in [6.07, 6.45) is 5.29. The Morgan fingerprint density at radius 1 is 1.19 bits per heavy atom. The number of carbonyl (C=O) groups excluding carboxylic acids is 3. The zero-order valence-corrected chi connectivity index (χ0v) is 18.3. The van der Waals surface area contributed by atoms with Crippen LogP contribution in [0.3, 0.4) is 0 Å². The van der Waals surface area contributed by atoms with Gasteiger partial charge in [0.25, 0.3) is 5.91 Å². The first kappa shape index (κ1) is 21.4. The normalized spacial score (nSPS) is 20.9. The zero-order valence-electron chi connectivity index (χ0n) is 17.5. The van der Waals surface area contributed by atoms with Crippen LogP contribution in [0.5, 0.6) is 0 Å². The van der Waals surface area contributed by atoms with E-state index in [0.29, 0.717) is 18.0 Å². The van der Waals surface area contributed by atoms with Crippen molar-refractivity contribution in [3.63, 3.8) is 0 Å². The predicted molar refractivity (Wildman–Crippen MR) is 115 cm³/mol. The third-order valence-corrected chi connectivity index (χ3v) is 6.63. The lowest BCUT2D eigenvalue weighted by atomic mass is 9.93. The average Bonchev–Trinajstić information content (AvgIpc) is 3.12. The molecule has 4 amide bonds. The fraction of sp³-hybridized carbons (Fsp3) is 0.476. The summed E-state index contributed by atoms with van der Waals surface area (Å²) >= 11 is 1.26. The minimum Gasteiger partial charge on any atom is -0.322 e. The Kier molecular flexibility index (Phi) is 6.26. The van der Waals surface area contributed by atoms with Crippen molar-refractivity contribution >= 4 is 29.6 Å². The van der Waals surface area contributed by atoms with E-state index >= 15 is 0 Å². The van der Waals surface area contributed by atoms with E-state index in [1.165, 1.54) is 11.8 Å². The zero-order chi connectivity index (χ0) is 21.8. The first-order valence-corrected chi connectivity index (χ1v) is 11.5. The molecule has 0 saturated carbocycles. The summed E-state index contributed by atoms with van der Waals surface area (Å²) in [5.74, 6) is 0.0919. The van der Waals surface area contributed by atoms with Gasteiger partial charge < -0.3 is 9.88 Å². The number of carbonyl (C=O) groups is 3. The van der Waals surface area contributed by atoms with Crippen LogP contribution in [0.2, 0.25) is 0 Å². The Morgan fingerprint density at radius 3 is 2.81 bits per heavy atom. The SMILES string of the molecule is C[C@@]1(CCc2ccccc2)NC(=O)N(NC(=O)CSc2nnc3n2CCCCC3)C1=O. The molecule has 1 aromatic carbocycles. The number of imide groups is 1. The molecule has 1 atom stereocenters. The van der Waals surface area contributed by atoms with Gasteiger partial charge in [0.05, 0.1) is 5.75 Å². The van der Waals surface area contributed by atoms with Gasteiger partial charge in [-0.1, -0.05) is 48.5 Å². The van der Waals surface area contributed by atoms with Crippen LogP contribution < -0.4 is 10.7 Å². The van der Waals surface area contributed by atoms with Crippen LogP contribution in [0.15, 0.2) is 35.5 Å². The lowest BCUT2D eigenvalue weighted by Gasteiger charge is -2.21. The molecule has 2 aliphatic rings. The monoisotopic (exact) mass is 442 g/mol. The van der Waals surface area contributed by atoms with Crippen molar-refractivity contribution in [1.29, 1.82) is 0 Å². The van der Waals surface area contributed by atoms with Crippen LogP contribution in [-0.4, -0.2) is 48.9 Å². The highest BCUT2D eigenvalue weighted by atomic mass is 32.2. The van der Waals surface area contributed by atoms with E-state index < -0.39 is 23.4 Å². The standard InChI is InChI=1S/C21H26N6O3S/c1-21(12-11-15-8-4-2-5-9-15)18(29)27(19(30)22-21)25-17(28)14-31-20-24-23-16-10-6-3-7-13-26(16)20/h2,4-5,8-9H,3,6-7,10-14H2,1H3,(H,22,30)(H,25,28)/t21-/m0/s1. The molecule has 1 saturated heterocycles. The van der Waals surface area contributed by atoms with E-state index in [2.05, 4.69) is 25.5 Å². The van der Waals surface area contributed by atoms with E-state index in [4.69, 9.17) is 0 Å². The molecule has 2 aliphatic heterocycles. The minimum absolute atomic E-state index is 0.0376. The number of hydrogen-bond donors (Lipinski definition) is 2. The number of rotatable bonds is 7. The second kappa shape index (κ2) is 9.09. The van der Waals surface area contributed by atoms with Crippen molar-refractivity contribution in [2.24, 2.45) is 0 Å². The maximum Gasteiger partial charge on any atom is 0.344 e. The van der Waals surface area contributed by atoms with Gasteiger partial charge in [0, 0.05) is 13.0 Å². The van der Waals surface area contributed by atoms with Crippen molar-refractivity contribution in [1.82, 2.24) is 30.5 Å². The van der Waals surface area contributed by atoms with Crippen molar-refractivity contribution < 1.29 is 14.4 Å². The maximum absolute atomic E-state index is 12.9. The van der Waals surface area contributed by atoms with E-state index in [1.807, 2.05) is 30.3 Å². The minimum atomic E-state index is -1.06. The van der Waals surface area contributed by atoms with Crippen LogP contribution >= 0.6 is 11.8 Å². The van der Waals surface area contributed by atoms with Gasteiger partial charge in [-0.3, -0.25) is 15.0 Å². The summed E-state index contributed by atoms with van der Waals surface area (Å²) in [5.41, 5.74) is 2.46. The second-order valence-corrected chi connectivity index (χ2v) is 9.02. The molecule has 0 bridgehead atoms. The number of hydrogen-bond acceptors (Lipinski definition) is 6. The highest BCUT2D eigenvalue weighted by molar-refractivity contribution is 7.99. The summed E-state index contributed by atoms with van der Waals surface area (Å²) in [6, 6.07) is 9.14. The molecule has 0 spiro atoms. The molecule has 0 radical (unpaired) electrons. The van der Waals surface area contributed by atoms with Crippen molar-refractivity contribution in [2.45, 2.75) is 62.7 Å². The lowest BCUT2D eigenvalue weighted by molar-refractivity contribution is -0.138. The molecule has 4 rings (SSSR count). The van der Waals surface area contributed by atoms with Gasteiger partial charge in [-0.2, -0.15) is 5.01 Å². The summed E-state index contributed by atoms with van der Waals surface area (Å²) in [6.45, 7) is 2.53. The molecule has 10 heteroatoms. The number of amides is 4. The second-order valence-electron chi connectivity index (χ2n) is 8.07. The van der Waals surface area contributed by atoms with E-state index in [0.717, 1.165) is 48.6 Å². The molecule has 1 fully saturated rings. The number of benzene rings is 1.